The number of hydrogen-bond acceptors (Lipinski definition) is 2. The number of likely N-dealkylation sites (tertiary alicyclic amines) is 1. The lowest BCUT2D eigenvalue weighted by molar-refractivity contribution is -0.127. The van der Waals surface area contributed by atoms with Gasteiger partial charge in [0.15, 0.2) is 0 Å². The number of likely N-dealkylation sites (N-methyl/N-ethyl adjacent to an activating group) is 1. The maximum absolute atomic E-state index is 11.7. The zero-order valence-corrected chi connectivity index (χ0v) is 11.0. The smallest absolute Gasteiger partial charge is 0.244 e. The fourth-order valence-electron chi connectivity index (χ4n) is 1.93. The minimum atomic E-state index is -0.0649. The number of benzene rings is 1. The first-order chi connectivity index (χ1) is 7.58. The van der Waals surface area contributed by atoms with Crippen molar-refractivity contribution in [2.75, 3.05) is 18.9 Å². The van der Waals surface area contributed by atoms with Crippen LogP contribution < -0.4 is 5.32 Å². The molecule has 0 bridgehead atoms. The summed E-state index contributed by atoms with van der Waals surface area (Å²) in [6, 6.07) is 5.97. The van der Waals surface area contributed by atoms with Crippen molar-refractivity contribution in [1.29, 1.82) is 0 Å². The van der Waals surface area contributed by atoms with Crippen molar-refractivity contribution in [2.24, 2.45) is 0 Å². The Kier molecular flexibility index (Phi) is 3.19. The summed E-state index contributed by atoms with van der Waals surface area (Å²) in [4.78, 5) is 13.5. The summed E-state index contributed by atoms with van der Waals surface area (Å²) in [5.41, 5.74) is 2.19. The van der Waals surface area contributed by atoms with E-state index in [1.807, 2.05) is 32.2 Å². The Hall–Kier alpha value is -1.03. The molecule has 1 aliphatic heterocycles. The van der Waals surface area contributed by atoms with Crippen molar-refractivity contribution in [3.8, 4) is 0 Å². The molecule has 16 heavy (non-hydrogen) atoms. The molecule has 1 unspecified atom stereocenters. The highest BCUT2D eigenvalue weighted by Crippen LogP contribution is 2.22. The first-order valence-electron chi connectivity index (χ1n) is 5.35. The van der Waals surface area contributed by atoms with Crippen molar-refractivity contribution in [2.45, 2.75) is 19.4 Å². The summed E-state index contributed by atoms with van der Waals surface area (Å²) in [5.74, 6) is 0.183. The number of halogens is 1. The number of rotatable bonds is 2. The van der Waals surface area contributed by atoms with Gasteiger partial charge in [0.1, 0.15) is 6.04 Å². The lowest BCUT2D eigenvalue weighted by atomic mass is 10.1. The largest absolute Gasteiger partial charge is 0.373 e. The first kappa shape index (κ1) is 11.5. The normalized spacial score (nSPS) is 20.3. The van der Waals surface area contributed by atoms with Gasteiger partial charge in [-0.15, -0.1) is 0 Å². The summed E-state index contributed by atoms with van der Waals surface area (Å²) in [6.45, 7) is 2.88. The molecule has 0 radical (unpaired) electrons. The maximum Gasteiger partial charge on any atom is 0.244 e. The summed E-state index contributed by atoms with van der Waals surface area (Å²) in [7, 11) is 1.85. The number of carbonyl (C=O) groups excluding carboxylic acids is 1. The van der Waals surface area contributed by atoms with Gasteiger partial charge < -0.3 is 10.2 Å². The van der Waals surface area contributed by atoms with E-state index in [0.717, 1.165) is 28.7 Å². The summed E-state index contributed by atoms with van der Waals surface area (Å²) in [5, 5.41) is 3.30. The highest BCUT2D eigenvalue weighted by molar-refractivity contribution is 9.10. The molecule has 1 saturated heterocycles. The highest BCUT2D eigenvalue weighted by Gasteiger charge is 2.28. The van der Waals surface area contributed by atoms with Gasteiger partial charge in [-0.1, -0.05) is 15.9 Å². The lowest BCUT2D eigenvalue weighted by Gasteiger charge is -2.15. The lowest BCUT2D eigenvalue weighted by Crippen LogP contribution is -2.31. The zero-order chi connectivity index (χ0) is 11.7. The van der Waals surface area contributed by atoms with Crippen LogP contribution in [0.4, 0.5) is 5.69 Å². The Labute approximate surface area is 104 Å². The number of amides is 1. The van der Waals surface area contributed by atoms with Gasteiger partial charge in [0, 0.05) is 23.8 Å². The maximum atomic E-state index is 11.7. The fourth-order valence-corrected chi connectivity index (χ4v) is 2.41. The molecular weight excluding hydrogens is 268 g/mol. The van der Waals surface area contributed by atoms with Gasteiger partial charge >= 0.3 is 0 Å². The van der Waals surface area contributed by atoms with Crippen molar-refractivity contribution >= 4 is 27.5 Å². The number of anilines is 1. The molecule has 1 fully saturated rings. The van der Waals surface area contributed by atoms with Crippen LogP contribution in [-0.2, 0) is 4.79 Å². The molecule has 0 spiro atoms. The molecule has 1 aromatic rings. The Morgan fingerprint density at radius 1 is 1.50 bits per heavy atom. The Balaban J connectivity index is 2.12. The van der Waals surface area contributed by atoms with Crippen LogP contribution in [0, 0.1) is 6.92 Å². The molecule has 3 nitrogen and oxygen atoms in total. The number of aryl methyl sites for hydroxylation is 1. The number of nitrogens with one attached hydrogen (secondary N) is 1. The number of nitrogens with zero attached hydrogens (tertiary/aromatic N) is 1. The predicted octanol–water partition coefficient (Wildman–Crippen LogP) is 2.40. The van der Waals surface area contributed by atoms with E-state index in [1.54, 1.807) is 4.90 Å². The van der Waals surface area contributed by atoms with Gasteiger partial charge in [0.25, 0.3) is 0 Å². The second kappa shape index (κ2) is 4.45. The molecule has 2 rings (SSSR count). The van der Waals surface area contributed by atoms with E-state index in [-0.39, 0.29) is 11.9 Å². The summed E-state index contributed by atoms with van der Waals surface area (Å²) < 4.78 is 1.06. The SMILES string of the molecule is Cc1cc(Br)ccc1NC1CCN(C)C1=O. The molecule has 1 N–H and O–H groups in total. The standard InChI is InChI=1S/C12H15BrN2O/c1-8-7-9(13)3-4-10(8)14-11-5-6-15(2)12(11)16/h3-4,7,11,14H,5-6H2,1-2H3. The molecule has 86 valence electrons. The summed E-state index contributed by atoms with van der Waals surface area (Å²) in [6.07, 6.45) is 0.880. The van der Waals surface area contributed by atoms with Crippen LogP contribution in [-0.4, -0.2) is 30.4 Å². The molecule has 1 heterocycles. The zero-order valence-electron chi connectivity index (χ0n) is 9.46. The Morgan fingerprint density at radius 3 is 2.81 bits per heavy atom. The second-order valence-corrected chi connectivity index (χ2v) is 5.12. The average molecular weight is 283 g/mol. The monoisotopic (exact) mass is 282 g/mol. The van der Waals surface area contributed by atoms with E-state index in [2.05, 4.69) is 21.2 Å². The van der Waals surface area contributed by atoms with Crippen molar-refractivity contribution in [3.63, 3.8) is 0 Å². The fraction of sp³-hybridized carbons (Fsp3) is 0.417. The van der Waals surface area contributed by atoms with E-state index < -0.39 is 0 Å². The third-order valence-corrected chi connectivity index (χ3v) is 3.44. The van der Waals surface area contributed by atoms with E-state index in [0.29, 0.717) is 0 Å². The van der Waals surface area contributed by atoms with Gasteiger partial charge in [-0.05, 0) is 37.1 Å². The number of carbonyl (C=O) groups is 1. The quantitative estimate of drug-likeness (QED) is 0.904. The van der Waals surface area contributed by atoms with Gasteiger partial charge in [-0.3, -0.25) is 4.79 Å². The van der Waals surface area contributed by atoms with Crippen LogP contribution in [0.15, 0.2) is 22.7 Å². The third-order valence-electron chi connectivity index (χ3n) is 2.95. The molecule has 0 aliphatic carbocycles. The average Bonchev–Trinajstić information content (AvgIpc) is 2.54. The molecule has 0 saturated carbocycles. The molecule has 4 heteroatoms. The minimum Gasteiger partial charge on any atom is -0.373 e. The van der Waals surface area contributed by atoms with Crippen molar-refractivity contribution < 1.29 is 4.79 Å². The van der Waals surface area contributed by atoms with Crippen LogP contribution in [0.3, 0.4) is 0 Å². The van der Waals surface area contributed by atoms with E-state index >= 15 is 0 Å². The van der Waals surface area contributed by atoms with Crippen molar-refractivity contribution in [1.82, 2.24) is 4.90 Å². The minimum absolute atomic E-state index is 0.0649. The molecule has 0 aromatic heterocycles. The highest BCUT2D eigenvalue weighted by atomic mass is 79.9. The Bertz CT molecular complexity index is 419. The van der Waals surface area contributed by atoms with Gasteiger partial charge in [-0.25, -0.2) is 0 Å². The van der Waals surface area contributed by atoms with Gasteiger partial charge in [-0.2, -0.15) is 0 Å². The second-order valence-electron chi connectivity index (χ2n) is 4.20. The molecule has 1 amide bonds. The predicted molar refractivity (Wildman–Crippen MR) is 68.5 cm³/mol. The van der Waals surface area contributed by atoms with Crippen LogP contribution in [0.2, 0.25) is 0 Å². The van der Waals surface area contributed by atoms with Crippen molar-refractivity contribution in [3.05, 3.63) is 28.2 Å². The molecular formula is C12H15BrN2O. The van der Waals surface area contributed by atoms with Gasteiger partial charge in [0.2, 0.25) is 5.91 Å². The molecule has 1 atom stereocenters. The van der Waals surface area contributed by atoms with Gasteiger partial charge in [0.05, 0.1) is 0 Å². The number of hydrogen-bond donors (Lipinski definition) is 1. The molecule has 1 aromatic carbocycles. The topological polar surface area (TPSA) is 32.3 Å². The van der Waals surface area contributed by atoms with Crippen LogP contribution >= 0.6 is 15.9 Å². The first-order valence-corrected chi connectivity index (χ1v) is 6.15. The molecule has 1 aliphatic rings. The van der Waals surface area contributed by atoms with E-state index in [1.165, 1.54) is 0 Å². The summed E-state index contributed by atoms with van der Waals surface area (Å²) >= 11 is 3.43. The van der Waals surface area contributed by atoms with E-state index in [4.69, 9.17) is 0 Å². The van der Waals surface area contributed by atoms with Crippen LogP contribution in [0.25, 0.3) is 0 Å². The Morgan fingerprint density at radius 2 is 2.25 bits per heavy atom. The van der Waals surface area contributed by atoms with E-state index in [9.17, 15) is 4.79 Å². The van der Waals surface area contributed by atoms with Crippen LogP contribution in [0.1, 0.15) is 12.0 Å². The third kappa shape index (κ3) is 2.21. The van der Waals surface area contributed by atoms with Crippen LogP contribution in [0.5, 0.6) is 0 Å².